The number of anilines is 1. The Morgan fingerprint density at radius 2 is 1.67 bits per heavy atom. The van der Waals surface area contributed by atoms with E-state index in [1.165, 1.54) is 4.90 Å². The molecule has 1 fully saturated rings. The predicted molar refractivity (Wildman–Crippen MR) is 135 cm³/mol. The average molecular weight is 491 g/mol. The minimum absolute atomic E-state index is 0.0265. The maximum atomic E-state index is 13.2. The Kier molecular flexibility index (Phi) is 7.73. The number of hydrogen-bond donors (Lipinski definition) is 1. The highest BCUT2D eigenvalue weighted by Gasteiger charge is 2.48. The summed E-state index contributed by atoms with van der Waals surface area (Å²) in [6.45, 7) is 6.83. The van der Waals surface area contributed by atoms with E-state index in [0.717, 1.165) is 19.3 Å². The number of ether oxygens (including phenoxy) is 2. The van der Waals surface area contributed by atoms with E-state index in [4.69, 9.17) is 14.0 Å². The third-order valence-electron chi connectivity index (χ3n) is 5.96. The maximum absolute atomic E-state index is 13.2. The zero-order chi connectivity index (χ0) is 25.7. The molecule has 3 aromatic rings. The summed E-state index contributed by atoms with van der Waals surface area (Å²) in [5.74, 6) is 0.157. The molecule has 8 nitrogen and oxygen atoms in total. The van der Waals surface area contributed by atoms with E-state index in [1.54, 1.807) is 61.5 Å². The molecule has 2 heterocycles. The molecule has 2 aromatic carbocycles. The summed E-state index contributed by atoms with van der Waals surface area (Å²) >= 11 is 0. The number of aliphatic hydroxyl groups is 1. The number of aliphatic hydroxyl groups excluding tert-OH is 1. The molecule has 0 saturated carbocycles. The Bertz CT molecular complexity index is 1240. The van der Waals surface area contributed by atoms with E-state index in [0.29, 0.717) is 41.6 Å². The number of aromatic nitrogens is 1. The minimum Gasteiger partial charge on any atom is -0.507 e. The summed E-state index contributed by atoms with van der Waals surface area (Å²) in [5.41, 5.74) is 0.998. The van der Waals surface area contributed by atoms with E-state index in [-0.39, 0.29) is 17.2 Å². The smallest absolute Gasteiger partial charge is 0.301 e. The predicted octanol–water partition coefficient (Wildman–Crippen LogP) is 5.58. The maximum Gasteiger partial charge on any atom is 0.301 e. The Hall–Kier alpha value is -4.07. The van der Waals surface area contributed by atoms with Crippen molar-refractivity contribution >= 4 is 23.3 Å². The summed E-state index contributed by atoms with van der Waals surface area (Å²) in [6, 6.07) is 14.6. The molecule has 1 saturated heterocycles. The zero-order valence-corrected chi connectivity index (χ0v) is 20.7. The lowest BCUT2D eigenvalue weighted by Gasteiger charge is -2.23. The third kappa shape index (κ3) is 5.12. The van der Waals surface area contributed by atoms with E-state index in [2.05, 4.69) is 12.1 Å². The fourth-order valence-electron chi connectivity index (χ4n) is 4.17. The summed E-state index contributed by atoms with van der Waals surface area (Å²) in [6.07, 6.45) is 3.16. The van der Waals surface area contributed by atoms with Gasteiger partial charge in [0.15, 0.2) is 5.82 Å². The van der Waals surface area contributed by atoms with Crippen molar-refractivity contribution in [1.29, 1.82) is 0 Å². The Labute approximate surface area is 210 Å². The van der Waals surface area contributed by atoms with Crippen LogP contribution in [0, 0.1) is 6.92 Å². The van der Waals surface area contributed by atoms with Crippen LogP contribution >= 0.6 is 0 Å². The van der Waals surface area contributed by atoms with Gasteiger partial charge in [-0.05, 0) is 62.2 Å². The molecule has 0 radical (unpaired) electrons. The number of benzene rings is 2. The van der Waals surface area contributed by atoms with Gasteiger partial charge in [0.1, 0.15) is 23.0 Å². The van der Waals surface area contributed by atoms with Gasteiger partial charge in [0, 0.05) is 11.6 Å². The fourth-order valence-corrected chi connectivity index (χ4v) is 4.17. The first-order chi connectivity index (χ1) is 17.4. The number of carbonyl (C=O) groups excluding carboxylic acids is 2. The van der Waals surface area contributed by atoms with Gasteiger partial charge in [-0.1, -0.05) is 37.1 Å². The van der Waals surface area contributed by atoms with Crippen LogP contribution < -0.4 is 14.4 Å². The third-order valence-corrected chi connectivity index (χ3v) is 5.96. The van der Waals surface area contributed by atoms with E-state index in [1.807, 2.05) is 6.92 Å². The van der Waals surface area contributed by atoms with Gasteiger partial charge >= 0.3 is 5.91 Å². The van der Waals surface area contributed by atoms with Crippen LogP contribution in [-0.4, -0.2) is 35.2 Å². The van der Waals surface area contributed by atoms with Crippen molar-refractivity contribution in [3.05, 3.63) is 77.1 Å². The van der Waals surface area contributed by atoms with Gasteiger partial charge in [-0.2, -0.15) is 0 Å². The molecule has 1 atom stereocenters. The van der Waals surface area contributed by atoms with Gasteiger partial charge < -0.3 is 19.1 Å². The van der Waals surface area contributed by atoms with E-state index < -0.39 is 17.7 Å². The molecule has 1 aliphatic heterocycles. The van der Waals surface area contributed by atoms with Crippen LogP contribution in [0.5, 0.6) is 11.5 Å². The van der Waals surface area contributed by atoms with Crippen molar-refractivity contribution in [3.8, 4) is 11.5 Å². The lowest BCUT2D eigenvalue weighted by atomic mass is 9.95. The van der Waals surface area contributed by atoms with Crippen LogP contribution in [0.15, 0.2) is 64.7 Å². The van der Waals surface area contributed by atoms with Crippen LogP contribution in [-0.2, 0) is 9.59 Å². The molecule has 0 aliphatic carbocycles. The number of ketones is 1. The van der Waals surface area contributed by atoms with Crippen LogP contribution in [0.3, 0.4) is 0 Å². The van der Waals surface area contributed by atoms with E-state index in [9.17, 15) is 14.7 Å². The van der Waals surface area contributed by atoms with Crippen molar-refractivity contribution in [3.63, 3.8) is 0 Å². The van der Waals surface area contributed by atoms with Crippen molar-refractivity contribution in [2.24, 2.45) is 0 Å². The molecular weight excluding hydrogens is 460 g/mol. The van der Waals surface area contributed by atoms with Gasteiger partial charge in [0.25, 0.3) is 5.78 Å². The summed E-state index contributed by atoms with van der Waals surface area (Å²) in [7, 11) is 0. The molecule has 1 amide bonds. The molecule has 1 N–H and O–H groups in total. The Balaban J connectivity index is 1.74. The average Bonchev–Trinajstić information content (AvgIpc) is 3.43. The van der Waals surface area contributed by atoms with Crippen LogP contribution in [0.1, 0.15) is 56.0 Å². The highest BCUT2D eigenvalue weighted by molar-refractivity contribution is 6.51. The van der Waals surface area contributed by atoms with Crippen molar-refractivity contribution < 1.29 is 28.7 Å². The molecular formula is C28H30N2O6. The summed E-state index contributed by atoms with van der Waals surface area (Å²) in [5, 5.41) is 15.2. The van der Waals surface area contributed by atoms with Gasteiger partial charge in [-0.3, -0.25) is 14.5 Å². The molecule has 0 unspecified atom stereocenters. The Morgan fingerprint density at radius 3 is 2.28 bits per heavy atom. The molecule has 36 heavy (non-hydrogen) atoms. The minimum atomic E-state index is -0.893. The number of unbranched alkanes of at least 4 members (excludes halogenated alkanes) is 2. The van der Waals surface area contributed by atoms with Crippen molar-refractivity contribution in [2.75, 3.05) is 18.1 Å². The molecule has 188 valence electrons. The molecule has 8 heteroatoms. The topological polar surface area (TPSA) is 102 Å². The summed E-state index contributed by atoms with van der Waals surface area (Å²) < 4.78 is 16.5. The summed E-state index contributed by atoms with van der Waals surface area (Å²) in [4.78, 5) is 27.6. The normalized spacial score (nSPS) is 17.0. The molecule has 1 aliphatic rings. The lowest BCUT2D eigenvalue weighted by Crippen LogP contribution is -2.29. The first kappa shape index (κ1) is 25.0. The second-order valence-electron chi connectivity index (χ2n) is 8.55. The lowest BCUT2D eigenvalue weighted by molar-refractivity contribution is -0.132. The first-order valence-corrected chi connectivity index (χ1v) is 12.1. The van der Waals surface area contributed by atoms with Crippen LogP contribution in [0.25, 0.3) is 5.76 Å². The second kappa shape index (κ2) is 11.1. The highest BCUT2D eigenvalue weighted by atomic mass is 16.5. The number of Topliss-reactive ketones (excluding diaryl/α,β-unsaturated/α-hetero) is 1. The number of hydrogen-bond acceptors (Lipinski definition) is 7. The SMILES string of the molecule is CCCCCOc1ccc([C@@H]2/C(=C(\O)c3ccc(OCC)cc3)C(=O)C(=O)N2c2cc(C)on2)cc1. The standard InChI is InChI=1S/C28H30N2O6/c1-4-6-7-16-35-22-12-8-19(9-13-22)25-24(26(31)20-10-14-21(15-11-20)34-5-2)27(32)28(33)30(25)23-17-18(3)36-29-23/h8-15,17,25,31H,4-7,16H2,1-3H3/b26-24+/t25-/m1/s1. The first-order valence-electron chi connectivity index (χ1n) is 12.1. The van der Waals surface area contributed by atoms with Gasteiger partial charge in [0.05, 0.1) is 24.8 Å². The highest BCUT2D eigenvalue weighted by Crippen LogP contribution is 2.42. The number of rotatable bonds is 10. The van der Waals surface area contributed by atoms with Crippen LogP contribution in [0.2, 0.25) is 0 Å². The number of amides is 1. The largest absolute Gasteiger partial charge is 0.507 e. The molecule has 1 aromatic heterocycles. The van der Waals surface area contributed by atoms with Gasteiger partial charge in [-0.25, -0.2) is 0 Å². The van der Waals surface area contributed by atoms with Gasteiger partial charge in [0.2, 0.25) is 0 Å². The number of carbonyl (C=O) groups is 2. The number of nitrogens with zero attached hydrogens (tertiary/aromatic N) is 2. The van der Waals surface area contributed by atoms with Crippen molar-refractivity contribution in [1.82, 2.24) is 5.16 Å². The molecule has 0 spiro atoms. The monoisotopic (exact) mass is 490 g/mol. The molecule has 0 bridgehead atoms. The van der Waals surface area contributed by atoms with Crippen molar-refractivity contribution in [2.45, 2.75) is 46.1 Å². The number of aryl methyl sites for hydroxylation is 1. The van der Waals surface area contributed by atoms with Gasteiger partial charge in [-0.15, -0.1) is 0 Å². The zero-order valence-electron chi connectivity index (χ0n) is 20.7. The second-order valence-corrected chi connectivity index (χ2v) is 8.55. The quantitative estimate of drug-likeness (QED) is 0.171. The van der Waals surface area contributed by atoms with Crippen LogP contribution in [0.4, 0.5) is 5.82 Å². The Morgan fingerprint density at radius 1 is 1.00 bits per heavy atom. The fraction of sp³-hybridized carbons (Fsp3) is 0.321. The molecule has 4 rings (SSSR count). The van der Waals surface area contributed by atoms with E-state index >= 15 is 0 Å².